The first-order valence-electron chi connectivity index (χ1n) is 4.83. The van der Waals surface area contributed by atoms with E-state index in [1.807, 2.05) is 30.3 Å². The zero-order chi connectivity index (χ0) is 10.5. The van der Waals surface area contributed by atoms with E-state index in [1.54, 1.807) is 11.3 Å². The Balaban J connectivity index is 1.80. The standard InChI is InChI=1S/C12H13NOS/c1-10-7-8-12(15-10)13-9-14-11-5-3-2-4-6-11/h2-8,13H,9H2,1H3. The van der Waals surface area contributed by atoms with Crippen molar-refractivity contribution in [2.75, 3.05) is 12.0 Å². The average Bonchev–Trinajstić information content (AvgIpc) is 2.66. The SMILES string of the molecule is Cc1ccc(NCOc2ccccc2)s1. The Labute approximate surface area is 93.5 Å². The molecule has 1 aromatic carbocycles. The summed E-state index contributed by atoms with van der Waals surface area (Å²) in [6.07, 6.45) is 0. The van der Waals surface area contributed by atoms with Crippen LogP contribution in [0.1, 0.15) is 4.88 Å². The van der Waals surface area contributed by atoms with Gasteiger partial charge in [0.2, 0.25) is 0 Å². The van der Waals surface area contributed by atoms with Gasteiger partial charge in [-0.3, -0.25) is 0 Å². The maximum absolute atomic E-state index is 5.51. The number of ether oxygens (including phenoxy) is 1. The first kappa shape index (κ1) is 10.1. The first-order chi connectivity index (χ1) is 7.34. The second-order valence-corrected chi connectivity index (χ2v) is 4.48. The van der Waals surface area contributed by atoms with E-state index < -0.39 is 0 Å². The van der Waals surface area contributed by atoms with Gasteiger partial charge < -0.3 is 10.1 Å². The molecule has 2 aromatic rings. The van der Waals surface area contributed by atoms with Crippen molar-refractivity contribution in [3.63, 3.8) is 0 Å². The van der Waals surface area contributed by atoms with Gasteiger partial charge in [-0.15, -0.1) is 11.3 Å². The highest BCUT2D eigenvalue weighted by Gasteiger charge is 1.95. The Bertz CT molecular complexity index is 411. The highest BCUT2D eigenvalue weighted by Crippen LogP contribution is 2.20. The number of para-hydroxylation sites is 1. The van der Waals surface area contributed by atoms with E-state index in [0.717, 1.165) is 10.8 Å². The molecule has 2 rings (SSSR count). The molecule has 0 aliphatic rings. The van der Waals surface area contributed by atoms with E-state index in [9.17, 15) is 0 Å². The lowest BCUT2D eigenvalue weighted by molar-refractivity contribution is 0.347. The summed E-state index contributed by atoms with van der Waals surface area (Å²) in [5.41, 5.74) is 0. The van der Waals surface area contributed by atoms with Crippen LogP contribution in [0.25, 0.3) is 0 Å². The molecule has 0 saturated heterocycles. The summed E-state index contributed by atoms with van der Waals surface area (Å²) >= 11 is 1.73. The molecule has 78 valence electrons. The molecule has 0 spiro atoms. The van der Waals surface area contributed by atoms with E-state index in [0.29, 0.717) is 6.73 Å². The number of rotatable bonds is 4. The van der Waals surface area contributed by atoms with Crippen LogP contribution in [0.15, 0.2) is 42.5 Å². The quantitative estimate of drug-likeness (QED) is 0.795. The summed E-state index contributed by atoms with van der Waals surface area (Å²) in [7, 11) is 0. The molecule has 0 bridgehead atoms. The fourth-order valence-electron chi connectivity index (χ4n) is 1.24. The maximum atomic E-state index is 5.51. The van der Waals surface area contributed by atoms with E-state index >= 15 is 0 Å². The number of nitrogens with one attached hydrogen (secondary N) is 1. The number of anilines is 1. The second kappa shape index (κ2) is 4.84. The van der Waals surface area contributed by atoms with Gasteiger partial charge in [-0.25, -0.2) is 0 Å². The molecule has 0 aliphatic carbocycles. The van der Waals surface area contributed by atoms with Crippen molar-refractivity contribution in [1.82, 2.24) is 0 Å². The average molecular weight is 219 g/mol. The van der Waals surface area contributed by atoms with Gasteiger partial charge >= 0.3 is 0 Å². The van der Waals surface area contributed by atoms with Gasteiger partial charge in [-0.2, -0.15) is 0 Å². The van der Waals surface area contributed by atoms with Gasteiger partial charge in [0, 0.05) is 4.88 Å². The molecule has 1 N–H and O–H groups in total. The molecule has 1 aromatic heterocycles. The largest absolute Gasteiger partial charge is 0.473 e. The fraction of sp³-hybridized carbons (Fsp3) is 0.167. The van der Waals surface area contributed by atoms with Gasteiger partial charge in [0.25, 0.3) is 0 Å². The van der Waals surface area contributed by atoms with Crippen molar-refractivity contribution in [1.29, 1.82) is 0 Å². The van der Waals surface area contributed by atoms with Crippen molar-refractivity contribution in [3.05, 3.63) is 47.3 Å². The van der Waals surface area contributed by atoms with Crippen LogP contribution in [0.2, 0.25) is 0 Å². The molecule has 3 heteroatoms. The summed E-state index contributed by atoms with van der Waals surface area (Å²) in [6.45, 7) is 2.60. The Hall–Kier alpha value is -1.48. The van der Waals surface area contributed by atoms with Crippen molar-refractivity contribution >= 4 is 16.3 Å². The second-order valence-electron chi connectivity index (χ2n) is 3.19. The number of thiophene rings is 1. The molecule has 0 aliphatic heterocycles. The van der Waals surface area contributed by atoms with Gasteiger partial charge in [0.1, 0.15) is 5.75 Å². The van der Waals surface area contributed by atoms with Crippen LogP contribution in [-0.2, 0) is 0 Å². The lowest BCUT2D eigenvalue weighted by Gasteiger charge is -2.06. The van der Waals surface area contributed by atoms with Crippen LogP contribution in [0.4, 0.5) is 5.00 Å². The van der Waals surface area contributed by atoms with Gasteiger partial charge in [0.05, 0.1) is 5.00 Å². The van der Waals surface area contributed by atoms with Gasteiger partial charge in [0.15, 0.2) is 6.73 Å². The highest BCUT2D eigenvalue weighted by molar-refractivity contribution is 7.16. The van der Waals surface area contributed by atoms with Crippen LogP contribution >= 0.6 is 11.3 Å². The van der Waals surface area contributed by atoms with E-state index in [4.69, 9.17) is 4.74 Å². The zero-order valence-electron chi connectivity index (χ0n) is 8.57. The van der Waals surface area contributed by atoms with E-state index in [-0.39, 0.29) is 0 Å². The van der Waals surface area contributed by atoms with Crippen molar-refractivity contribution in [3.8, 4) is 5.75 Å². The third-order valence-electron chi connectivity index (χ3n) is 1.97. The number of benzene rings is 1. The predicted octanol–water partition coefficient (Wildman–Crippen LogP) is 3.50. The topological polar surface area (TPSA) is 21.3 Å². The Morgan fingerprint density at radius 2 is 1.93 bits per heavy atom. The molecule has 0 saturated carbocycles. The van der Waals surface area contributed by atoms with Crippen LogP contribution in [-0.4, -0.2) is 6.73 Å². The minimum absolute atomic E-state index is 0.504. The molecule has 0 unspecified atom stereocenters. The van der Waals surface area contributed by atoms with Crippen LogP contribution in [0.5, 0.6) is 5.75 Å². The van der Waals surface area contributed by atoms with E-state index in [1.165, 1.54) is 4.88 Å². The third-order valence-corrected chi connectivity index (χ3v) is 2.93. The maximum Gasteiger partial charge on any atom is 0.159 e. The molecule has 2 nitrogen and oxygen atoms in total. The molecular formula is C12H13NOS. The molecule has 0 radical (unpaired) electrons. The van der Waals surface area contributed by atoms with Crippen molar-refractivity contribution < 1.29 is 4.74 Å². The predicted molar refractivity (Wildman–Crippen MR) is 64.6 cm³/mol. The summed E-state index contributed by atoms with van der Waals surface area (Å²) in [5.74, 6) is 0.887. The lowest BCUT2D eigenvalue weighted by atomic mass is 10.3. The molecule has 0 amide bonds. The summed E-state index contributed by atoms with van der Waals surface area (Å²) in [5, 5.41) is 4.35. The van der Waals surface area contributed by atoms with Crippen LogP contribution < -0.4 is 10.1 Å². The fourth-order valence-corrected chi connectivity index (χ4v) is 1.99. The normalized spacial score (nSPS) is 9.93. The highest BCUT2D eigenvalue weighted by atomic mass is 32.1. The van der Waals surface area contributed by atoms with Crippen molar-refractivity contribution in [2.45, 2.75) is 6.92 Å². The number of aryl methyl sites for hydroxylation is 1. The minimum Gasteiger partial charge on any atom is -0.473 e. The number of hydrogen-bond donors (Lipinski definition) is 1. The van der Waals surface area contributed by atoms with Crippen LogP contribution in [0.3, 0.4) is 0 Å². The smallest absolute Gasteiger partial charge is 0.159 e. The van der Waals surface area contributed by atoms with Gasteiger partial charge in [-0.1, -0.05) is 18.2 Å². The minimum atomic E-state index is 0.504. The number of hydrogen-bond acceptors (Lipinski definition) is 3. The Morgan fingerprint density at radius 1 is 1.13 bits per heavy atom. The lowest BCUT2D eigenvalue weighted by Crippen LogP contribution is -2.07. The van der Waals surface area contributed by atoms with Crippen LogP contribution in [0, 0.1) is 6.92 Å². The van der Waals surface area contributed by atoms with Gasteiger partial charge in [-0.05, 0) is 31.2 Å². The Morgan fingerprint density at radius 3 is 2.60 bits per heavy atom. The van der Waals surface area contributed by atoms with E-state index in [2.05, 4.69) is 24.4 Å². The third kappa shape index (κ3) is 2.99. The molecule has 1 heterocycles. The first-order valence-corrected chi connectivity index (χ1v) is 5.64. The van der Waals surface area contributed by atoms with Crippen molar-refractivity contribution in [2.24, 2.45) is 0 Å². The monoisotopic (exact) mass is 219 g/mol. The summed E-state index contributed by atoms with van der Waals surface area (Å²) in [6, 6.07) is 13.9. The molecule has 0 fully saturated rings. The Kier molecular flexibility index (Phi) is 3.25. The summed E-state index contributed by atoms with van der Waals surface area (Å²) in [4.78, 5) is 1.30. The zero-order valence-corrected chi connectivity index (χ0v) is 9.38. The molecule has 0 atom stereocenters. The molecule has 15 heavy (non-hydrogen) atoms. The molecular weight excluding hydrogens is 206 g/mol. The summed E-state index contributed by atoms with van der Waals surface area (Å²) < 4.78 is 5.51.